The highest BCUT2D eigenvalue weighted by molar-refractivity contribution is 5.25. The van der Waals surface area contributed by atoms with E-state index in [-0.39, 0.29) is 0 Å². The molecule has 0 radical (unpaired) electrons. The molecule has 1 aliphatic rings. The number of allylic oxidation sites excluding steroid dienone is 1. The maximum atomic E-state index is 5.66. The molecule has 0 saturated heterocycles. The third kappa shape index (κ3) is 1.43. The van der Waals surface area contributed by atoms with Gasteiger partial charge in [-0.05, 0) is 19.2 Å². The molecule has 3 nitrogen and oxygen atoms in total. The molecule has 1 aliphatic heterocycles. The van der Waals surface area contributed by atoms with Gasteiger partial charge in [0.2, 0.25) is 0 Å². The van der Waals surface area contributed by atoms with E-state index in [1.165, 1.54) is 0 Å². The van der Waals surface area contributed by atoms with Crippen LogP contribution < -0.4 is 16.4 Å². The number of hydrogen-bond acceptors (Lipinski definition) is 3. The zero-order valence-corrected chi connectivity index (χ0v) is 6.15. The van der Waals surface area contributed by atoms with Gasteiger partial charge in [-0.2, -0.15) is 0 Å². The van der Waals surface area contributed by atoms with Crippen LogP contribution in [-0.4, -0.2) is 13.1 Å². The predicted molar refractivity (Wildman–Crippen MR) is 42.0 cm³/mol. The van der Waals surface area contributed by atoms with Gasteiger partial charge in [-0.25, -0.2) is 0 Å². The van der Waals surface area contributed by atoms with Gasteiger partial charge in [0.25, 0.3) is 0 Å². The van der Waals surface area contributed by atoms with E-state index in [0.29, 0.717) is 0 Å². The summed E-state index contributed by atoms with van der Waals surface area (Å²) in [5, 5.41) is 6.24. The molecular weight excluding hydrogens is 126 g/mol. The summed E-state index contributed by atoms with van der Waals surface area (Å²) in [7, 11) is 0. The monoisotopic (exact) mass is 139 g/mol. The van der Waals surface area contributed by atoms with Crippen LogP contribution in [0.15, 0.2) is 23.7 Å². The summed E-state index contributed by atoms with van der Waals surface area (Å²) < 4.78 is 0. The van der Waals surface area contributed by atoms with Crippen LogP contribution in [0.25, 0.3) is 0 Å². The zero-order chi connectivity index (χ0) is 7.40. The lowest BCUT2D eigenvalue weighted by Crippen LogP contribution is -2.28. The van der Waals surface area contributed by atoms with E-state index in [1.54, 1.807) is 0 Å². The number of likely N-dealkylation sites (N-methyl/N-ethyl adjacent to an activating group) is 1. The summed E-state index contributed by atoms with van der Waals surface area (Å²) in [5.74, 6) is 0. The van der Waals surface area contributed by atoms with Crippen LogP contribution in [0.3, 0.4) is 0 Å². The van der Waals surface area contributed by atoms with Gasteiger partial charge < -0.3 is 16.4 Å². The van der Waals surface area contributed by atoms with Gasteiger partial charge in [-0.1, -0.05) is 0 Å². The average Bonchev–Trinajstić information content (AvgIpc) is 1.94. The molecule has 3 heteroatoms. The first kappa shape index (κ1) is 6.99. The van der Waals surface area contributed by atoms with E-state index in [9.17, 15) is 0 Å². The molecule has 0 fully saturated rings. The number of nitrogens with two attached hydrogens (primary N) is 1. The van der Waals surface area contributed by atoms with Gasteiger partial charge in [0.15, 0.2) is 0 Å². The van der Waals surface area contributed by atoms with Crippen molar-refractivity contribution in [1.82, 2.24) is 10.6 Å². The second-order valence-electron chi connectivity index (χ2n) is 2.18. The van der Waals surface area contributed by atoms with E-state index < -0.39 is 0 Å². The van der Waals surface area contributed by atoms with E-state index in [4.69, 9.17) is 5.73 Å². The molecule has 0 aromatic rings. The van der Waals surface area contributed by atoms with E-state index >= 15 is 0 Å². The first-order valence-electron chi connectivity index (χ1n) is 3.47. The minimum atomic E-state index is 0.816. The largest absolute Gasteiger partial charge is 0.397 e. The predicted octanol–water partition coefficient (Wildman–Crippen LogP) is -0.117. The van der Waals surface area contributed by atoms with Crippen LogP contribution in [0.4, 0.5) is 0 Å². The maximum absolute atomic E-state index is 5.66. The normalized spacial score (nSPS) is 16.9. The van der Waals surface area contributed by atoms with Crippen molar-refractivity contribution in [1.29, 1.82) is 0 Å². The number of hydrogen-bond donors (Lipinski definition) is 3. The highest BCUT2D eigenvalue weighted by Crippen LogP contribution is 1.98. The fourth-order valence-corrected chi connectivity index (χ4v) is 0.890. The lowest BCUT2D eigenvalue weighted by Gasteiger charge is -2.14. The summed E-state index contributed by atoms with van der Waals surface area (Å²) in [6.07, 6.45) is 3.72. The summed E-state index contributed by atoms with van der Waals surface area (Å²) in [6.45, 7) is 3.79. The molecule has 4 N–H and O–H groups in total. The van der Waals surface area contributed by atoms with Crippen molar-refractivity contribution in [2.45, 2.75) is 6.92 Å². The maximum Gasteiger partial charge on any atom is 0.0563 e. The van der Waals surface area contributed by atoms with Gasteiger partial charge in [-0.15, -0.1) is 0 Å². The number of nitrogens with one attached hydrogen (secondary N) is 2. The number of rotatable bonds is 2. The van der Waals surface area contributed by atoms with Crippen molar-refractivity contribution in [3.05, 3.63) is 23.7 Å². The fraction of sp³-hybridized carbons (Fsp3) is 0.429. The summed E-state index contributed by atoms with van der Waals surface area (Å²) in [4.78, 5) is 0. The minimum absolute atomic E-state index is 0.816. The summed E-state index contributed by atoms with van der Waals surface area (Å²) in [6, 6.07) is 0. The molecule has 0 aromatic heterocycles. The fourth-order valence-electron chi connectivity index (χ4n) is 0.890. The van der Waals surface area contributed by atoms with Crippen molar-refractivity contribution < 1.29 is 0 Å². The van der Waals surface area contributed by atoms with Crippen LogP contribution in [-0.2, 0) is 0 Å². The third-order valence-electron chi connectivity index (χ3n) is 1.40. The molecule has 0 atom stereocenters. The Hall–Kier alpha value is -1.12. The Kier molecular flexibility index (Phi) is 2.20. The Morgan fingerprint density at radius 2 is 2.60 bits per heavy atom. The lowest BCUT2D eigenvalue weighted by molar-refractivity contribution is 0.757. The van der Waals surface area contributed by atoms with Gasteiger partial charge in [0, 0.05) is 6.54 Å². The first-order valence-corrected chi connectivity index (χ1v) is 3.47. The van der Waals surface area contributed by atoms with Crippen molar-refractivity contribution in [2.24, 2.45) is 5.73 Å². The minimum Gasteiger partial charge on any atom is -0.397 e. The molecular formula is C7H13N3. The Balaban J connectivity index is 2.60. The number of dihydropyridines is 1. The van der Waals surface area contributed by atoms with Crippen molar-refractivity contribution in [3.8, 4) is 0 Å². The quantitative estimate of drug-likeness (QED) is 0.500. The van der Waals surface area contributed by atoms with Crippen molar-refractivity contribution >= 4 is 0 Å². The second kappa shape index (κ2) is 3.15. The average molecular weight is 139 g/mol. The molecule has 10 heavy (non-hydrogen) atoms. The summed E-state index contributed by atoms with van der Waals surface area (Å²) >= 11 is 0. The molecule has 0 spiro atoms. The molecule has 0 bridgehead atoms. The standard InChI is InChI=1S/C7H13N3/c1-2-10-7-5-9-4-3-6(7)8/h3-4,9-10H,2,5,8H2,1H3. The second-order valence-corrected chi connectivity index (χ2v) is 2.18. The van der Waals surface area contributed by atoms with E-state index in [1.807, 2.05) is 12.3 Å². The first-order chi connectivity index (χ1) is 4.84. The molecule has 0 aliphatic carbocycles. The van der Waals surface area contributed by atoms with Crippen LogP contribution in [0.1, 0.15) is 6.92 Å². The van der Waals surface area contributed by atoms with Crippen molar-refractivity contribution in [3.63, 3.8) is 0 Å². The molecule has 0 aromatic carbocycles. The topological polar surface area (TPSA) is 50.1 Å². The van der Waals surface area contributed by atoms with Gasteiger partial charge >= 0.3 is 0 Å². The van der Waals surface area contributed by atoms with Gasteiger partial charge in [-0.3, -0.25) is 0 Å². The Bertz CT molecular complexity index is 170. The van der Waals surface area contributed by atoms with Gasteiger partial charge in [0.05, 0.1) is 17.9 Å². The van der Waals surface area contributed by atoms with E-state index in [2.05, 4.69) is 17.6 Å². The third-order valence-corrected chi connectivity index (χ3v) is 1.40. The van der Waals surface area contributed by atoms with Crippen molar-refractivity contribution in [2.75, 3.05) is 13.1 Å². The SMILES string of the molecule is CCNC1=C(N)C=CNC1. The van der Waals surface area contributed by atoms with Crippen LogP contribution in [0, 0.1) is 0 Å². The lowest BCUT2D eigenvalue weighted by atomic mass is 10.2. The smallest absolute Gasteiger partial charge is 0.0563 e. The van der Waals surface area contributed by atoms with Gasteiger partial charge in [0.1, 0.15) is 0 Å². The highest BCUT2D eigenvalue weighted by Gasteiger charge is 2.01. The van der Waals surface area contributed by atoms with Crippen LogP contribution >= 0.6 is 0 Å². The summed E-state index contributed by atoms with van der Waals surface area (Å²) in [5.41, 5.74) is 7.58. The molecule has 56 valence electrons. The Morgan fingerprint density at radius 3 is 3.20 bits per heavy atom. The van der Waals surface area contributed by atoms with Crippen LogP contribution in [0.5, 0.6) is 0 Å². The highest BCUT2D eigenvalue weighted by atomic mass is 15.0. The molecule has 0 unspecified atom stereocenters. The Morgan fingerprint density at radius 1 is 1.80 bits per heavy atom. The van der Waals surface area contributed by atoms with Crippen LogP contribution in [0.2, 0.25) is 0 Å². The molecule has 0 saturated carbocycles. The molecule has 1 rings (SSSR count). The molecule has 0 amide bonds. The molecule has 1 heterocycles. The van der Waals surface area contributed by atoms with E-state index in [0.717, 1.165) is 24.5 Å². The zero-order valence-electron chi connectivity index (χ0n) is 6.15. The Labute approximate surface area is 61.0 Å².